The fourth-order valence-corrected chi connectivity index (χ4v) is 3.52. The molecule has 0 aromatic heterocycles. The summed E-state index contributed by atoms with van der Waals surface area (Å²) in [6, 6.07) is 6.82. The van der Waals surface area contributed by atoms with Crippen molar-refractivity contribution in [1.29, 1.82) is 0 Å². The lowest BCUT2D eigenvalue weighted by atomic mass is 10.1. The van der Waals surface area contributed by atoms with Crippen molar-refractivity contribution in [3.8, 4) is 0 Å². The average molecular weight is 434 g/mol. The number of nitrogens with zero attached hydrogens (tertiary/aromatic N) is 3. The Labute approximate surface area is 179 Å². The van der Waals surface area contributed by atoms with E-state index in [2.05, 4.69) is 5.32 Å². The highest BCUT2D eigenvalue weighted by molar-refractivity contribution is 7.98. The maximum absolute atomic E-state index is 13.1. The van der Waals surface area contributed by atoms with Crippen LogP contribution in [0.2, 0.25) is 0 Å². The van der Waals surface area contributed by atoms with Crippen LogP contribution in [0, 0.1) is 0 Å². The van der Waals surface area contributed by atoms with Crippen LogP contribution in [-0.4, -0.2) is 84.1 Å². The van der Waals surface area contributed by atoms with Crippen molar-refractivity contribution in [2.24, 2.45) is 0 Å². The molecule has 1 aromatic rings. The van der Waals surface area contributed by atoms with Crippen molar-refractivity contribution in [3.63, 3.8) is 0 Å². The Kier molecular flexibility index (Phi) is 8.85. The quantitative estimate of drug-likeness (QED) is 0.573. The molecular weight excluding hydrogens is 408 g/mol. The number of carbonyl (C=O) groups is 4. The van der Waals surface area contributed by atoms with E-state index in [9.17, 15) is 24.0 Å². The number of nitrogens with one attached hydrogen (secondary N) is 1. The van der Waals surface area contributed by atoms with E-state index < -0.39 is 29.8 Å². The van der Waals surface area contributed by atoms with E-state index in [0.717, 1.165) is 4.90 Å². The van der Waals surface area contributed by atoms with Crippen LogP contribution in [0.1, 0.15) is 13.3 Å². The zero-order valence-corrected chi connectivity index (χ0v) is 17.8. The van der Waals surface area contributed by atoms with Gasteiger partial charge in [-0.05, 0) is 37.5 Å². The first-order valence-electron chi connectivity index (χ1n) is 9.56. The van der Waals surface area contributed by atoms with E-state index in [1.54, 1.807) is 43.5 Å². The number of hydrogen-bond acceptors (Lipinski definition) is 6. The van der Waals surface area contributed by atoms with Crippen LogP contribution in [0.15, 0.2) is 30.3 Å². The van der Waals surface area contributed by atoms with Crippen molar-refractivity contribution in [3.05, 3.63) is 30.3 Å². The van der Waals surface area contributed by atoms with E-state index in [1.807, 2.05) is 6.26 Å². The number of para-hydroxylation sites is 1. The topological polar surface area (TPSA) is 107 Å². The average Bonchev–Trinajstić information content (AvgIpc) is 2.76. The number of benzene rings is 1. The largest absolute Gasteiger partial charge is 0.333 e. The molecule has 1 saturated heterocycles. The number of likely N-dealkylation sites (N-methyl/N-ethyl adjacent to an activating group) is 1. The minimum atomic E-state index is -0.967. The number of amides is 5. The lowest BCUT2D eigenvalue weighted by Crippen LogP contribution is -2.60. The molecule has 0 spiro atoms. The second-order valence-corrected chi connectivity index (χ2v) is 7.52. The maximum Gasteiger partial charge on any atom is 0.325 e. The summed E-state index contributed by atoms with van der Waals surface area (Å²) in [5.41, 5.74) is 0.497. The number of anilines is 1. The van der Waals surface area contributed by atoms with Gasteiger partial charge in [0.25, 0.3) is 0 Å². The molecule has 1 aliphatic rings. The van der Waals surface area contributed by atoms with Gasteiger partial charge in [-0.1, -0.05) is 18.2 Å². The van der Waals surface area contributed by atoms with Crippen molar-refractivity contribution < 1.29 is 24.0 Å². The Morgan fingerprint density at radius 1 is 1.20 bits per heavy atom. The standard InChI is InChI=1S/C20H25N4O5S/c1-3-22-10-11-24(19(28)18(22)27)20(29)21-16(9-14-30-2)17(26)23(12-13-25)15-7-5-4-6-8-15/h4-8,16H,3,9-12,14H2,1-2H3,(H,21,29)/t16-/m0/s1. The molecule has 0 bridgehead atoms. The van der Waals surface area contributed by atoms with E-state index in [0.29, 0.717) is 24.4 Å². The van der Waals surface area contributed by atoms with E-state index >= 15 is 0 Å². The van der Waals surface area contributed by atoms with Crippen molar-refractivity contribution in [2.45, 2.75) is 19.4 Å². The molecule has 9 nitrogen and oxygen atoms in total. The lowest BCUT2D eigenvalue weighted by molar-refractivity contribution is -0.153. The summed E-state index contributed by atoms with van der Waals surface area (Å²) in [4.78, 5) is 64.7. The molecule has 1 radical (unpaired) electrons. The highest BCUT2D eigenvalue weighted by Gasteiger charge is 2.37. The molecule has 0 unspecified atom stereocenters. The molecule has 1 fully saturated rings. The molecule has 5 amide bonds. The maximum atomic E-state index is 13.1. The van der Waals surface area contributed by atoms with Gasteiger partial charge in [0, 0.05) is 25.3 Å². The third-order valence-electron chi connectivity index (χ3n) is 4.70. The first kappa shape index (κ1) is 23.4. The van der Waals surface area contributed by atoms with Gasteiger partial charge in [0.15, 0.2) is 0 Å². The zero-order chi connectivity index (χ0) is 22.1. The Bertz CT molecular complexity index is 789. The molecule has 0 aliphatic carbocycles. The summed E-state index contributed by atoms with van der Waals surface area (Å²) in [5, 5.41) is 2.57. The van der Waals surface area contributed by atoms with Crippen LogP contribution in [0.5, 0.6) is 0 Å². The van der Waals surface area contributed by atoms with Gasteiger partial charge < -0.3 is 15.1 Å². The highest BCUT2D eigenvalue weighted by atomic mass is 32.2. The van der Waals surface area contributed by atoms with Gasteiger partial charge in [-0.3, -0.25) is 24.1 Å². The Morgan fingerprint density at radius 3 is 2.50 bits per heavy atom. The number of hydrogen-bond donors (Lipinski definition) is 1. The Balaban J connectivity index is 2.19. The minimum Gasteiger partial charge on any atom is -0.333 e. The molecule has 30 heavy (non-hydrogen) atoms. The monoisotopic (exact) mass is 433 g/mol. The van der Waals surface area contributed by atoms with Crippen LogP contribution < -0.4 is 10.2 Å². The molecule has 1 N–H and O–H groups in total. The SMILES string of the molecule is CCN1CCN(C(=O)N[C@@H](CCSC)C(=O)N(C[C]=O)c2ccccc2)C(=O)C1=O. The number of imide groups is 1. The Hall–Kier alpha value is -2.88. The predicted octanol–water partition coefficient (Wildman–Crippen LogP) is 0.651. The molecule has 1 atom stereocenters. The van der Waals surface area contributed by atoms with E-state index in [4.69, 9.17) is 0 Å². The van der Waals surface area contributed by atoms with Crippen LogP contribution in [0.4, 0.5) is 10.5 Å². The van der Waals surface area contributed by atoms with Gasteiger partial charge in [0.1, 0.15) is 6.04 Å². The Morgan fingerprint density at radius 2 is 1.90 bits per heavy atom. The van der Waals surface area contributed by atoms with Gasteiger partial charge in [0.05, 0.1) is 6.54 Å². The zero-order valence-electron chi connectivity index (χ0n) is 17.0. The highest BCUT2D eigenvalue weighted by Crippen LogP contribution is 2.16. The van der Waals surface area contributed by atoms with Crippen LogP contribution >= 0.6 is 11.8 Å². The molecule has 161 valence electrons. The van der Waals surface area contributed by atoms with Crippen LogP contribution in [0.25, 0.3) is 0 Å². The lowest BCUT2D eigenvalue weighted by Gasteiger charge is -2.33. The van der Waals surface area contributed by atoms with Gasteiger partial charge >= 0.3 is 17.8 Å². The van der Waals surface area contributed by atoms with E-state index in [-0.39, 0.29) is 19.6 Å². The second-order valence-electron chi connectivity index (χ2n) is 6.53. The normalized spacial score (nSPS) is 15.0. The summed E-state index contributed by atoms with van der Waals surface area (Å²) < 4.78 is 0. The fourth-order valence-electron chi connectivity index (χ4n) is 3.05. The van der Waals surface area contributed by atoms with Gasteiger partial charge in [-0.25, -0.2) is 4.79 Å². The van der Waals surface area contributed by atoms with Gasteiger partial charge in [-0.2, -0.15) is 11.8 Å². The first-order valence-corrected chi connectivity index (χ1v) is 11.0. The molecule has 2 rings (SSSR count). The number of urea groups is 1. The molecule has 0 saturated carbocycles. The smallest absolute Gasteiger partial charge is 0.325 e. The molecular formula is C20H25N4O5S. The number of rotatable bonds is 9. The van der Waals surface area contributed by atoms with E-state index in [1.165, 1.54) is 21.6 Å². The fraction of sp³-hybridized carbons (Fsp3) is 0.450. The van der Waals surface area contributed by atoms with Crippen molar-refractivity contribution >= 4 is 47.5 Å². The summed E-state index contributed by atoms with van der Waals surface area (Å²) in [7, 11) is 0. The summed E-state index contributed by atoms with van der Waals surface area (Å²) in [6.07, 6.45) is 3.88. The van der Waals surface area contributed by atoms with Gasteiger partial charge in [-0.15, -0.1) is 0 Å². The van der Waals surface area contributed by atoms with Crippen LogP contribution in [-0.2, 0) is 19.2 Å². The molecule has 1 heterocycles. The van der Waals surface area contributed by atoms with Gasteiger partial charge in [0.2, 0.25) is 12.2 Å². The summed E-state index contributed by atoms with van der Waals surface area (Å²) in [6.45, 7) is 2.14. The molecule has 10 heteroatoms. The molecule has 1 aromatic carbocycles. The molecule has 1 aliphatic heterocycles. The van der Waals surface area contributed by atoms with Crippen LogP contribution in [0.3, 0.4) is 0 Å². The third kappa shape index (κ3) is 5.59. The summed E-state index contributed by atoms with van der Waals surface area (Å²) in [5.74, 6) is -1.58. The number of carbonyl (C=O) groups excluding carboxylic acids is 5. The number of piperazine rings is 1. The van der Waals surface area contributed by atoms with Crippen molar-refractivity contribution in [1.82, 2.24) is 15.1 Å². The minimum absolute atomic E-state index is 0.0538. The number of thioether (sulfide) groups is 1. The summed E-state index contributed by atoms with van der Waals surface area (Å²) >= 11 is 1.49. The second kappa shape index (κ2) is 11.3. The predicted molar refractivity (Wildman–Crippen MR) is 114 cm³/mol. The first-order chi connectivity index (χ1) is 14.4. The van der Waals surface area contributed by atoms with Crippen molar-refractivity contribution in [2.75, 3.05) is 43.1 Å². The third-order valence-corrected chi connectivity index (χ3v) is 5.34.